The van der Waals surface area contributed by atoms with E-state index in [4.69, 9.17) is 4.98 Å². The summed E-state index contributed by atoms with van der Waals surface area (Å²) in [6, 6.07) is 10.7. The third-order valence-corrected chi connectivity index (χ3v) is 11.4. The minimum absolute atomic E-state index is 0.00841. The van der Waals surface area contributed by atoms with Crippen LogP contribution in [-0.4, -0.2) is 53.7 Å². The Labute approximate surface area is 239 Å². The van der Waals surface area contributed by atoms with E-state index in [0.717, 1.165) is 70.9 Å². The van der Waals surface area contributed by atoms with E-state index in [1.165, 1.54) is 0 Å². The van der Waals surface area contributed by atoms with Gasteiger partial charge in [0, 0.05) is 55.0 Å². The average Bonchev–Trinajstić information content (AvgIpc) is 3.60. The molecule has 1 aliphatic heterocycles. The van der Waals surface area contributed by atoms with E-state index in [1.54, 1.807) is 23.7 Å². The Morgan fingerprint density at radius 3 is 2.40 bits per heavy atom. The number of Topliss-reactive ketones (excluding diaryl/α,β-unsaturated/α-hetero) is 1. The van der Waals surface area contributed by atoms with Gasteiger partial charge in [-0.1, -0.05) is 25.0 Å². The maximum absolute atomic E-state index is 13.6. The number of benzene rings is 1. The molecular weight excluding hydrogens is 542 g/mol. The average molecular weight is 576 g/mol. The predicted molar refractivity (Wildman–Crippen MR) is 156 cm³/mol. The zero-order chi connectivity index (χ0) is 27.9. The molecular formula is C30H33N5O3S2. The molecule has 3 heterocycles. The Hall–Kier alpha value is -3.16. The molecule has 3 fully saturated rings. The third kappa shape index (κ3) is 5.54. The van der Waals surface area contributed by atoms with Crippen LogP contribution in [0.2, 0.25) is 0 Å². The van der Waals surface area contributed by atoms with Crippen LogP contribution in [0.5, 0.6) is 0 Å². The number of sulfone groups is 1. The number of nitriles is 1. The zero-order valence-electron chi connectivity index (χ0n) is 22.7. The third-order valence-electron chi connectivity index (χ3n) is 8.65. The highest BCUT2D eigenvalue weighted by Gasteiger charge is 2.47. The Balaban J connectivity index is 1.35. The van der Waals surface area contributed by atoms with Crippen molar-refractivity contribution in [1.29, 1.82) is 5.26 Å². The minimum atomic E-state index is -2.94. The number of hydrogen-bond acceptors (Lipinski definition) is 9. The number of anilines is 1. The van der Waals surface area contributed by atoms with Gasteiger partial charge in [0.15, 0.2) is 9.84 Å². The van der Waals surface area contributed by atoms with E-state index in [2.05, 4.69) is 45.2 Å². The first-order valence-electron chi connectivity index (χ1n) is 14.1. The number of rotatable bonds is 7. The molecule has 1 aromatic carbocycles. The van der Waals surface area contributed by atoms with Crippen molar-refractivity contribution in [2.75, 3.05) is 29.5 Å². The number of carbonyl (C=O) groups excluding carboxylic acids is 1. The van der Waals surface area contributed by atoms with E-state index in [0.29, 0.717) is 25.3 Å². The molecule has 2 aliphatic carbocycles. The topological polar surface area (TPSA) is 117 Å². The molecule has 208 valence electrons. The Morgan fingerprint density at radius 2 is 1.75 bits per heavy atom. The lowest BCUT2D eigenvalue weighted by Gasteiger charge is -2.31. The van der Waals surface area contributed by atoms with E-state index in [1.807, 2.05) is 6.92 Å². The van der Waals surface area contributed by atoms with Crippen molar-refractivity contribution in [1.82, 2.24) is 15.0 Å². The number of ketones is 1. The summed E-state index contributed by atoms with van der Waals surface area (Å²) in [5, 5.41) is 10.4. The second-order valence-corrected chi connectivity index (χ2v) is 14.8. The van der Waals surface area contributed by atoms with Crippen LogP contribution < -0.4 is 4.90 Å². The molecule has 6 rings (SSSR count). The Kier molecular flexibility index (Phi) is 7.21. The summed E-state index contributed by atoms with van der Waals surface area (Å²) < 4.78 is 23.8. The van der Waals surface area contributed by atoms with E-state index >= 15 is 0 Å². The molecule has 0 spiro atoms. The molecule has 3 aromatic rings. The summed E-state index contributed by atoms with van der Waals surface area (Å²) in [7, 11) is -2.94. The summed E-state index contributed by atoms with van der Waals surface area (Å²) in [5.74, 6) is 1.15. The molecule has 1 saturated heterocycles. The normalized spacial score (nSPS) is 23.4. The Morgan fingerprint density at radius 1 is 1.07 bits per heavy atom. The maximum atomic E-state index is 13.6. The summed E-state index contributed by atoms with van der Waals surface area (Å²) in [4.78, 5) is 30.6. The number of aromatic nitrogens is 3. The molecule has 0 amide bonds. The number of hydrogen-bond donors (Lipinski definition) is 0. The van der Waals surface area contributed by atoms with Gasteiger partial charge in [-0.05, 0) is 50.3 Å². The van der Waals surface area contributed by atoms with Crippen LogP contribution in [0.15, 0.2) is 36.7 Å². The van der Waals surface area contributed by atoms with Crippen molar-refractivity contribution < 1.29 is 13.2 Å². The van der Waals surface area contributed by atoms with Crippen LogP contribution in [-0.2, 0) is 14.6 Å². The first-order valence-corrected chi connectivity index (χ1v) is 16.7. The molecule has 0 unspecified atom stereocenters. The molecule has 2 atom stereocenters. The second kappa shape index (κ2) is 10.7. The fourth-order valence-electron chi connectivity index (χ4n) is 6.00. The van der Waals surface area contributed by atoms with Gasteiger partial charge in [0.25, 0.3) is 0 Å². The van der Waals surface area contributed by atoms with Crippen LogP contribution in [0, 0.1) is 29.6 Å². The SMILES string of the molecule is Cc1ncc(-c2nc([C@@H]3CCCC[C@H]3C(=O)CC3(C#N)CC3)c(-c3ccc(N4CCS(=O)(=O)CC4)cc3)s2)cn1. The van der Waals surface area contributed by atoms with Crippen molar-refractivity contribution in [3.63, 3.8) is 0 Å². The molecule has 8 nitrogen and oxygen atoms in total. The minimum Gasteiger partial charge on any atom is -0.369 e. The fourth-order valence-corrected chi connectivity index (χ4v) is 8.32. The highest BCUT2D eigenvalue weighted by Crippen LogP contribution is 2.51. The van der Waals surface area contributed by atoms with Crippen LogP contribution in [0.3, 0.4) is 0 Å². The molecule has 2 saturated carbocycles. The number of aryl methyl sites for hydroxylation is 1. The fraction of sp³-hybridized carbons (Fsp3) is 0.500. The first-order chi connectivity index (χ1) is 19.3. The van der Waals surface area contributed by atoms with Gasteiger partial charge in [0.2, 0.25) is 0 Å². The number of nitrogens with zero attached hydrogens (tertiary/aromatic N) is 5. The maximum Gasteiger partial charge on any atom is 0.153 e. The van der Waals surface area contributed by atoms with Gasteiger partial charge in [-0.2, -0.15) is 5.26 Å². The molecule has 3 aliphatic rings. The molecule has 40 heavy (non-hydrogen) atoms. The van der Waals surface area contributed by atoms with Crippen LogP contribution >= 0.6 is 11.3 Å². The number of thiazole rings is 1. The van der Waals surface area contributed by atoms with Crippen molar-refractivity contribution in [2.24, 2.45) is 11.3 Å². The van der Waals surface area contributed by atoms with Crippen molar-refractivity contribution in [2.45, 2.75) is 57.8 Å². The van der Waals surface area contributed by atoms with Crippen LogP contribution in [0.4, 0.5) is 5.69 Å². The van der Waals surface area contributed by atoms with Crippen molar-refractivity contribution in [3.8, 4) is 27.1 Å². The molecule has 10 heteroatoms. The van der Waals surface area contributed by atoms with E-state index in [-0.39, 0.29) is 29.1 Å². The lowest BCUT2D eigenvalue weighted by Crippen LogP contribution is -2.40. The van der Waals surface area contributed by atoms with Gasteiger partial charge in [0.1, 0.15) is 16.6 Å². The monoisotopic (exact) mass is 575 g/mol. The number of carbonyl (C=O) groups is 1. The van der Waals surface area contributed by atoms with Crippen LogP contribution in [0.25, 0.3) is 21.0 Å². The molecule has 2 aromatic heterocycles. The quantitative estimate of drug-likeness (QED) is 0.370. The van der Waals surface area contributed by atoms with Gasteiger partial charge in [0.05, 0.1) is 33.6 Å². The second-order valence-electron chi connectivity index (χ2n) is 11.5. The van der Waals surface area contributed by atoms with Gasteiger partial charge in [-0.25, -0.2) is 23.4 Å². The lowest BCUT2D eigenvalue weighted by molar-refractivity contribution is -0.125. The summed E-state index contributed by atoms with van der Waals surface area (Å²) in [5.41, 5.74) is 3.41. The van der Waals surface area contributed by atoms with Crippen molar-refractivity contribution >= 4 is 32.6 Å². The van der Waals surface area contributed by atoms with Crippen LogP contribution in [0.1, 0.15) is 62.4 Å². The molecule has 0 bridgehead atoms. The van der Waals surface area contributed by atoms with Crippen molar-refractivity contribution in [3.05, 3.63) is 48.2 Å². The van der Waals surface area contributed by atoms with Gasteiger partial charge in [-0.3, -0.25) is 4.79 Å². The van der Waals surface area contributed by atoms with Gasteiger partial charge >= 0.3 is 0 Å². The summed E-state index contributed by atoms with van der Waals surface area (Å²) in [6.07, 6.45) is 9.40. The zero-order valence-corrected chi connectivity index (χ0v) is 24.3. The highest BCUT2D eigenvalue weighted by atomic mass is 32.2. The summed E-state index contributed by atoms with van der Waals surface area (Å²) >= 11 is 1.60. The lowest BCUT2D eigenvalue weighted by atomic mass is 9.73. The smallest absolute Gasteiger partial charge is 0.153 e. The molecule has 0 radical (unpaired) electrons. The molecule has 0 N–H and O–H groups in total. The van der Waals surface area contributed by atoms with E-state index < -0.39 is 15.3 Å². The highest BCUT2D eigenvalue weighted by molar-refractivity contribution is 7.91. The van der Waals surface area contributed by atoms with Gasteiger partial charge < -0.3 is 4.90 Å². The largest absolute Gasteiger partial charge is 0.369 e. The first kappa shape index (κ1) is 27.0. The van der Waals surface area contributed by atoms with E-state index in [9.17, 15) is 18.5 Å². The summed E-state index contributed by atoms with van der Waals surface area (Å²) in [6.45, 7) is 2.86. The van der Waals surface area contributed by atoms with Gasteiger partial charge in [-0.15, -0.1) is 11.3 Å². The predicted octanol–water partition coefficient (Wildman–Crippen LogP) is 5.35. The standard InChI is InChI=1S/C30H33N5O3S2/c1-20-32-17-22(18-33-20)29-34-27(25-5-3-2-4-24(25)26(36)16-30(19-31)10-11-30)28(39-29)21-6-8-23(9-7-21)35-12-14-40(37,38)15-13-35/h6-9,17-18,24-25H,2-5,10-16H2,1H3/t24-,25-/m1/s1. The Bertz CT molecular complexity index is 1540.